The van der Waals surface area contributed by atoms with Crippen LogP contribution in [-0.2, 0) is 0 Å². The molecule has 0 amide bonds. The van der Waals surface area contributed by atoms with Crippen molar-refractivity contribution >= 4 is 16.9 Å². The van der Waals surface area contributed by atoms with Crippen molar-refractivity contribution in [3.05, 3.63) is 42.4 Å². The highest BCUT2D eigenvalue weighted by Gasteiger charge is 2.23. The largest absolute Gasteiger partial charge is 0.355 e. The van der Waals surface area contributed by atoms with Crippen molar-refractivity contribution in [2.45, 2.75) is 52.9 Å². The van der Waals surface area contributed by atoms with Gasteiger partial charge in [-0.05, 0) is 37.4 Å². The van der Waals surface area contributed by atoms with Gasteiger partial charge < -0.3 is 9.80 Å². The van der Waals surface area contributed by atoms with Crippen LogP contribution in [0.2, 0.25) is 0 Å². The highest BCUT2D eigenvalue weighted by Crippen LogP contribution is 2.29. The van der Waals surface area contributed by atoms with Gasteiger partial charge in [-0.3, -0.25) is 0 Å². The van der Waals surface area contributed by atoms with E-state index >= 15 is 0 Å². The van der Waals surface area contributed by atoms with Crippen molar-refractivity contribution in [3.63, 3.8) is 0 Å². The van der Waals surface area contributed by atoms with Gasteiger partial charge in [-0.1, -0.05) is 52.3 Å². The number of hydrogen-bond acceptors (Lipinski definition) is 5. The number of anilines is 1. The Kier molecular flexibility index (Phi) is 6.86. The summed E-state index contributed by atoms with van der Waals surface area (Å²) in [7, 11) is 0. The number of hydrogen-bond donors (Lipinski definition) is 0. The van der Waals surface area contributed by atoms with Crippen LogP contribution in [-0.4, -0.2) is 57.4 Å². The molecule has 0 radical (unpaired) electrons. The van der Waals surface area contributed by atoms with Crippen LogP contribution in [0.25, 0.3) is 16.7 Å². The van der Waals surface area contributed by atoms with Crippen molar-refractivity contribution < 1.29 is 0 Å². The molecule has 0 bridgehead atoms. The molecule has 0 spiro atoms. The summed E-state index contributed by atoms with van der Waals surface area (Å²) in [5.41, 5.74) is 1.95. The van der Waals surface area contributed by atoms with E-state index in [9.17, 15) is 0 Å². The predicted octanol–water partition coefficient (Wildman–Crippen LogP) is 4.89. The summed E-state index contributed by atoms with van der Waals surface area (Å²) in [5, 5.41) is 5.77. The van der Waals surface area contributed by atoms with Gasteiger partial charge in [0.25, 0.3) is 0 Å². The fourth-order valence-corrected chi connectivity index (χ4v) is 4.57. The minimum Gasteiger partial charge on any atom is -0.355 e. The fraction of sp³-hybridized carbons (Fsp3) is 0.560. The number of rotatable bonds is 7. The molecule has 1 fully saturated rings. The number of fused-ring (bicyclic) bond motifs is 1. The van der Waals surface area contributed by atoms with Gasteiger partial charge in [0.1, 0.15) is 11.6 Å². The minimum absolute atomic E-state index is 0.330. The fourth-order valence-electron chi connectivity index (χ4n) is 4.57. The van der Waals surface area contributed by atoms with E-state index in [1.54, 1.807) is 0 Å². The Hall–Kier alpha value is -2.47. The molecule has 3 aromatic rings. The van der Waals surface area contributed by atoms with Gasteiger partial charge in [0.05, 0.1) is 17.3 Å². The normalized spacial score (nSPS) is 16.7. The second-order valence-electron chi connectivity index (χ2n) is 9.26. The molecule has 1 aliphatic rings. The molecule has 0 aliphatic carbocycles. The van der Waals surface area contributed by atoms with E-state index in [0.29, 0.717) is 11.8 Å². The van der Waals surface area contributed by atoms with Crippen LogP contribution in [0.15, 0.2) is 36.5 Å². The van der Waals surface area contributed by atoms with Gasteiger partial charge in [-0.25, -0.2) is 14.6 Å². The summed E-state index contributed by atoms with van der Waals surface area (Å²) in [4.78, 5) is 15.2. The quantitative estimate of drug-likeness (QED) is 0.545. The van der Waals surface area contributed by atoms with Crippen molar-refractivity contribution in [1.82, 2.24) is 24.6 Å². The summed E-state index contributed by atoms with van der Waals surface area (Å²) in [6.07, 6.45) is 5.32. The third-order valence-corrected chi connectivity index (χ3v) is 6.10. The lowest BCUT2D eigenvalue weighted by Crippen LogP contribution is -2.33. The highest BCUT2D eigenvalue weighted by atomic mass is 15.3. The molecule has 166 valence electrons. The molecule has 6 nitrogen and oxygen atoms in total. The highest BCUT2D eigenvalue weighted by molar-refractivity contribution is 5.88. The molecular formula is C25H36N6. The number of benzene rings is 1. The van der Waals surface area contributed by atoms with Crippen molar-refractivity contribution in [3.8, 4) is 5.69 Å². The molecule has 1 aromatic carbocycles. The summed E-state index contributed by atoms with van der Waals surface area (Å²) >= 11 is 0. The molecule has 3 heterocycles. The van der Waals surface area contributed by atoms with Gasteiger partial charge in [-0.15, -0.1) is 0 Å². The van der Waals surface area contributed by atoms with Crippen LogP contribution in [0.5, 0.6) is 0 Å². The molecule has 4 rings (SSSR count). The second-order valence-corrected chi connectivity index (χ2v) is 9.26. The average Bonchev–Trinajstić information content (AvgIpc) is 3.06. The number of nitrogens with zero attached hydrogens (tertiary/aromatic N) is 6. The summed E-state index contributed by atoms with van der Waals surface area (Å²) in [5.74, 6) is 3.02. The zero-order valence-electron chi connectivity index (χ0n) is 19.5. The Morgan fingerprint density at radius 1 is 0.968 bits per heavy atom. The topological polar surface area (TPSA) is 50.1 Å². The van der Waals surface area contributed by atoms with Crippen LogP contribution in [0.3, 0.4) is 0 Å². The first kappa shape index (κ1) is 21.8. The zero-order chi connectivity index (χ0) is 21.8. The molecule has 6 heteroatoms. The first-order valence-corrected chi connectivity index (χ1v) is 11.8. The Balaban J connectivity index is 1.74. The van der Waals surface area contributed by atoms with Crippen LogP contribution in [0.1, 0.15) is 58.7 Å². The SMILES string of the molecule is CCC[C@@H](C)c1nc(N2CCCN(CC(C)C)CC2)c2cnn(-c3ccccc3)c2n1. The maximum Gasteiger partial charge on any atom is 0.168 e. The van der Waals surface area contributed by atoms with E-state index in [0.717, 1.165) is 80.3 Å². The molecule has 1 atom stereocenters. The monoisotopic (exact) mass is 420 g/mol. The minimum atomic E-state index is 0.330. The zero-order valence-corrected chi connectivity index (χ0v) is 19.5. The lowest BCUT2D eigenvalue weighted by atomic mass is 10.1. The van der Waals surface area contributed by atoms with Crippen molar-refractivity contribution in [2.75, 3.05) is 37.6 Å². The molecular weight excluding hydrogens is 384 g/mol. The summed E-state index contributed by atoms with van der Waals surface area (Å²) in [6, 6.07) is 10.3. The van der Waals surface area contributed by atoms with E-state index in [1.165, 1.54) is 0 Å². The Bertz CT molecular complexity index is 980. The van der Waals surface area contributed by atoms with Crippen molar-refractivity contribution in [1.29, 1.82) is 0 Å². The van der Waals surface area contributed by atoms with Crippen LogP contribution in [0, 0.1) is 5.92 Å². The lowest BCUT2D eigenvalue weighted by Gasteiger charge is -2.25. The first-order chi connectivity index (χ1) is 15.1. The maximum absolute atomic E-state index is 5.12. The molecule has 0 saturated carbocycles. The molecule has 1 saturated heterocycles. The molecule has 0 unspecified atom stereocenters. The second kappa shape index (κ2) is 9.77. The van der Waals surface area contributed by atoms with E-state index in [2.05, 4.69) is 49.6 Å². The maximum atomic E-state index is 5.12. The smallest absolute Gasteiger partial charge is 0.168 e. The van der Waals surface area contributed by atoms with E-state index < -0.39 is 0 Å². The summed E-state index contributed by atoms with van der Waals surface area (Å²) < 4.78 is 1.96. The van der Waals surface area contributed by atoms with E-state index in [4.69, 9.17) is 15.1 Å². The van der Waals surface area contributed by atoms with Gasteiger partial charge >= 0.3 is 0 Å². The Morgan fingerprint density at radius 3 is 2.52 bits per heavy atom. The number of aromatic nitrogens is 4. The van der Waals surface area contributed by atoms with Crippen LogP contribution in [0.4, 0.5) is 5.82 Å². The molecule has 31 heavy (non-hydrogen) atoms. The van der Waals surface area contributed by atoms with Crippen LogP contribution >= 0.6 is 0 Å². The standard InChI is InChI=1S/C25H36N6/c1-5-10-20(4)23-27-24(30-14-9-13-29(15-16-30)18-19(2)3)22-17-26-31(25(22)28-23)21-11-7-6-8-12-21/h6-8,11-12,17,19-20H,5,9-10,13-16,18H2,1-4H3/t20-/m1/s1. The first-order valence-electron chi connectivity index (χ1n) is 11.8. The Morgan fingerprint density at radius 2 is 1.77 bits per heavy atom. The van der Waals surface area contributed by atoms with Gasteiger partial charge in [0, 0.05) is 32.1 Å². The summed E-state index contributed by atoms with van der Waals surface area (Å²) in [6.45, 7) is 14.5. The number of para-hydroxylation sites is 1. The van der Waals surface area contributed by atoms with E-state index in [1.807, 2.05) is 29.1 Å². The molecule has 2 aromatic heterocycles. The Labute approximate surface area is 186 Å². The van der Waals surface area contributed by atoms with Crippen LogP contribution < -0.4 is 4.90 Å². The molecule has 0 N–H and O–H groups in total. The molecule has 1 aliphatic heterocycles. The van der Waals surface area contributed by atoms with Crippen molar-refractivity contribution in [2.24, 2.45) is 5.92 Å². The van der Waals surface area contributed by atoms with Gasteiger partial charge in [0.2, 0.25) is 0 Å². The lowest BCUT2D eigenvalue weighted by molar-refractivity contribution is 0.261. The van der Waals surface area contributed by atoms with Gasteiger partial charge in [0.15, 0.2) is 5.65 Å². The van der Waals surface area contributed by atoms with Gasteiger partial charge in [-0.2, -0.15) is 5.10 Å². The van der Waals surface area contributed by atoms with E-state index in [-0.39, 0.29) is 0 Å². The third-order valence-electron chi connectivity index (χ3n) is 6.10. The average molecular weight is 421 g/mol. The predicted molar refractivity (Wildman–Crippen MR) is 128 cm³/mol. The third kappa shape index (κ3) is 4.90.